The normalized spacial score (nSPS) is 9.88. The number of hydrogen-bond donors (Lipinski definition) is 1. The summed E-state index contributed by atoms with van der Waals surface area (Å²) in [7, 11) is 1.08. The first-order valence-corrected chi connectivity index (χ1v) is 4.46. The minimum atomic E-state index is -1.69. The lowest BCUT2D eigenvalue weighted by atomic mass is 10.2. The van der Waals surface area contributed by atoms with Crippen LogP contribution in [0.25, 0.3) is 0 Å². The average molecular weight is 247 g/mol. The van der Waals surface area contributed by atoms with E-state index in [2.05, 4.69) is 4.74 Å². The number of ether oxygens (including phenoxy) is 1. The summed E-state index contributed by atoms with van der Waals surface area (Å²) >= 11 is 0. The van der Waals surface area contributed by atoms with Gasteiger partial charge in [0.15, 0.2) is 17.5 Å². The van der Waals surface area contributed by atoms with Gasteiger partial charge < -0.3 is 10.1 Å². The van der Waals surface area contributed by atoms with Gasteiger partial charge in [-0.25, -0.2) is 13.2 Å². The highest BCUT2D eigenvalue weighted by molar-refractivity contribution is 6.01. The summed E-state index contributed by atoms with van der Waals surface area (Å²) < 4.78 is 42.6. The van der Waals surface area contributed by atoms with E-state index in [0.29, 0.717) is 6.07 Å². The summed E-state index contributed by atoms with van der Waals surface area (Å²) in [6.07, 6.45) is -0.644. The van der Waals surface area contributed by atoms with Gasteiger partial charge in [-0.05, 0) is 12.1 Å². The van der Waals surface area contributed by atoms with Gasteiger partial charge in [-0.15, -0.1) is 0 Å². The van der Waals surface area contributed by atoms with Crippen LogP contribution in [0.1, 0.15) is 6.42 Å². The smallest absolute Gasteiger partial charge is 0.315 e. The quantitative estimate of drug-likeness (QED) is 0.501. The molecule has 0 saturated carbocycles. The molecule has 0 aliphatic heterocycles. The maximum atomic E-state index is 13.1. The third kappa shape index (κ3) is 3.20. The zero-order valence-electron chi connectivity index (χ0n) is 8.72. The number of halogens is 3. The molecule has 0 heterocycles. The third-order valence-corrected chi connectivity index (χ3v) is 1.84. The molecule has 0 aliphatic rings. The highest BCUT2D eigenvalue weighted by atomic mass is 19.2. The second-order valence-electron chi connectivity index (χ2n) is 3.02. The molecule has 17 heavy (non-hydrogen) atoms. The Balaban J connectivity index is 2.79. The van der Waals surface area contributed by atoms with Crippen molar-refractivity contribution in [2.75, 3.05) is 12.4 Å². The van der Waals surface area contributed by atoms with Gasteiger partial charge >= 0.3 is 5.97 Å². The van der Waals surface area contributed by atoms with Crippen molar-refractivity contribution in [1.29, 1.82) is 0 Å². The van der Waals surface area contributed by atoms with E-state index in [1.165, 1.54) is 0 Å². The van der Waals surface area contributed by atoms with Gasteiger partial charge in [-0.2, -0.15) is 0 Å². The number of carbonyl (C=O) groups excluding carboxylic acids is 2. The summed E-state index contributed by atoms with van der Waals surface area (Å²) in [6, 6.07) is 1.51. The van der Waals surface area contributed by atoms with Crippen molar-refractivity contribution in [3.63, 3.8) is 0 Å². The zero-order chi connectivity index (χ0) is 13.0. The highest BCUT2D eigenvalue weighted by Gasteiger charge is 2.16. The Morgan fingerprint density at radius 1 is 1.24 bits per heavy atom. The first-order valence-electron chi connectivity index (χ1n) is 4.46. The third-order valence-electron chi connectivity index (χ3n) is 1.84. The van der Waals surface area contributed by atoms with Crippen LogP contribution in [0.4, 0.5) is 18.9 Å². The van der Waals surface area contributed by atoms with Crippen LogP contribution in [-0.4, -0.2) is 19.0 Å². The Morgan fingerprint density at radius 2 is 1.88 bits per heavy atom. The van der Waals surface area contributed by atoms with E-state index in [9.17, 15) is 22.8 Å². The van der Waals surface area contributed by atoms with E-state index in [0.717, 1.165) is 13.2 Å². The first kappa shape index (κ1) is 13.0. The molecule has 0 fully saturated rings. The van der Waals surface area contributed by atoms with Crippen LogP contribution >= 0.6 is 0 Å². The summed E-state index contributed by atoms with van der Waals surface area (Å²) in [6.45, 7) is 0. The van der Waals surface area contributed by atoms with Crippen molar-refractivity contribution < 1.29 is 27.5 Å². The van der Waals surface area contributed by atoms with Crippen LogP contribution in [0.5, 0.6) is 0 Å². The number of rotatable bonds is 3. The maximum absolute atomic E-state index is 13.1. The molecule has 7 heteroatoms. The Morgan fingerprint density at radius 3 is 2.47 bits per heavy atom. The van der Waals surface area contributed by atoms with Crippen molar-refractivity contribution in [2.24, 2.45) is 0 Å². The number of anilines is 1. The molecule has 0 aliphatic carbocycles. The number of amides is 1. The molecule has 1 amide bonds. The molecular formula is C10H8F3NO3. The van der Waals surface area contributed by atoms with Gasteiger partial charge in [-0.1, -0.05) is 0 Å². The van der Waals surface area contributed by atoms with Crippen molar-refractivity contribution in [3.05, 3.63) is 29.6 Å². The Kier molecular flexibility index (Phi) is 4.08. The number of carbonyl (C=O) groups is 2. The Labute approximate surface area is 94.4 Å². The molecule has 1 aromatic rings. The molecule has 92 valence electrons. The van der Waals surface area contributed by atoms with Gasteiger partial charge in [0.25, 0.3) is 0 Å². The Bertz CT molecular complexity index is 462. The van der Waals surface area contributed by atoms with Crippen molar-refractivity contribution >= 4 is 17.6 Å². The fraction of sp³-hybridized carbons (Fsp3) is 0.200. The SMILES string of the molecule is COC(=O)CC(=O)Nc1ccc(F)c(F)c1F. The van der Waals surface area contributed by atoms with Crippen LogP contribution < -0.4 is 5.32 Å². The molecule has 0 atom stereocenters. The van der Waals surface area contributed by atoms with Crippen LogP contribution in [0, 0.1) is 17.5 Å². The summed E-state index contributed by atoms with van der Waals surface area (Å²) in [4.78, 5) is 21.8. The van der Waals surface area contributed by atoms with Crippen LogP contribution in [0.2, 0.25) is 0 Å². The predicted molar refractivity (Wildman–Crippen MR) is 51.6 cm³/mol. The van der Waals surface area contributed by atoms with E-state index in [1.54, 1.807) is 0 Å². The molecule has 1 rings (SSSR count). The van der Waals surface area contributed by atoms with E-state index in [1.807, 2.05) is 5.32 Å². The number of nitrogens with one attached hydrogen (secondary N) is 1. The van der Waals surface area contributed by atoms with Gasteiger partial charge in [-0.3, -0.25) is 9.59 Å². The zero-order valence-corrected chi connectivity index (χ0v) is 8.72. The molecule has 0 unspecified atom stereocenters. The second-order valence-corrected chi connectivity index (χ2v) is 3.02. The lowest BCUT2D eigenvalue weighted by Crippen LogP contribution is -2.18. The van der Waals surface area contributed by atoms with Crippen LogP contribution in [0.3, 0.4) is 0 Å². The van der Waals surface area contributed by atoms with E-state index < -0.39 is 41.4 Å². The van der Waals surface area contributed by atoms with Crippen LogP contribution in [-0.2, 0) is 14.3 Å². The van der Waals surface area contributed by atoms with E-state index in [-0.39, 0.29) is 0 Å². The molecule has 0 bridgehead atoms. The number of benzene rings is 1. The second kappa shape index (κ2) is 5.33. The number of hydrogen-bond acceptors (Lipinski definition) is 3. The van der Waals surface area contributed by atoms with Gasteiger partial charge in [0, 0.05) is 0 Å². The number of methoxy groups -OCH3 is 1. The predicted octanol–water partition coefficient (Wildman–Crippen LogP) is 1.61. The lowest BCUT2D eigenvalue weighted by molar-refractivity contribution is -0.142. The standard InChI is InChI=1S/C10H8F3NO3/c1-17-8(16)4-7(15)14-6-3-2-5(11)9(12)10(6)13/h2-3H,4H2,1H3,(H,14,15). The minimum Gasteiger partial charge on any atom is -0.469 e. The van der Waals surface area contributed by atoms with Gasteiger partial charge in [0.1, 0.15) is 6.42 Å². The topological polar surface area (TPSA) is 55.4 Å². The molecule has 0 spiro atoms. The molecule has 0 radical (unpaired) electrons. The fourth-order valence-electron chi connectivity index (χ4n) is 1.02. The fourth-order valence-corrected chi connectivity index (χ4v) is 1.02. The number of esters is 1. The average Bonchev–Trinajstić information content (AvgIpc) is 2.29. The van der Waals surface area contributed by atoms with Crippen molar-refractivity contribution in [1.82, 2.24) is 0 Å². The first-order chi connectivity index (χ1) is 7.95. The summed E-state index contributed by atoms with van der Waals surface area (Å²) in [5, 5.41) is 1.92. The van der Waals surface area contributed by atoms with Crippen molar-refractivity contribution in [2.45, 2.75) is 6.42 Å². The maximum Gasteiger partial charge on any atom is 0.315 e. The molecular weight excluding hydrogens is 239 g/mol. The van der Waals surface area contributed by atoms with Gasteiger partial charge in [0.05, 0.1) is 12.8 Å². The monoisotopic (exact) mass is 247 g/mol. The molecule has 1 N–H and O–H groups in total. The van der Waals surface area contributed by atoms with E-state index in [4.69, 9.17) is 0 Å². The highest BCUT2D eigenvalue weighted by Crippen LogP contribution is 2.19. The van der Waals surface area contributed by atoms with Crippen LogP contribution in [0.15, 0.2) is 12.1 Å². The molecule has 0 saturated heterocycles. The molecule has 4 nitrogen and oxygen atoms in total. The summed E-state index contributed by atoms with van der Waals surface area (Å²) in [5.41, 5.74) is -0.544. The molecule has 0 aromatic heterocycles. The lowest BCUT2D eigenvalue weighted by Gasteiger charge is -2.06. The van der Waals surface area contributed by atoms with Crippen molar-refractivity contribution in [3.8, 4) is 0 Å². The summed E-state index contributed by atoms with van der Waals surface area (Å²) in [5.74, 6) is -6.30. The Hall–Kier alpha value is -2.05. The largest absolute Gasteiger partial charge is 0.469 e. The minimum absolute atomic E-state index is 0.544. The van der Waals surface area contributed by atoms with Gasteiger partial charge in [0.2, 0.25) is 5.91 Å². The van der Waals surface area contributed by atoms with E-state index >= 15 is 0 Å². The molecule has 1 aromatic carbocycles.